The highest BCUT2D eigenvalue weighted by Gasteiger charge is 2.45. The monoisotopic (exact) mass is 226 g/mol. The minimum Gasteiger partial charge on any atom is -0.396 e. The third kappa shape index (κ3) is 2.09. The highest BCUT2D eigenvalue weighted by Crippen LogP contribution is 2.47. The van der Waals surface area contributed by atoms with Crippen LogP contribution in [0, 0.1) is 11.3 Å². The normalized spacial score (nSPS) is 35.9. The summed E-state index contributed by atoms with van der Waals surface area (Å²) in [6, 6.07) is -0.384. The summed E-state index contributed by atoms with van der Waals surface area (Å²) in [5, 5.41) is 9.17. The fraction of sp³-hybridized carbons (Fsp3) is 0.917. The standard InChI is InChI=1S/C12H22N2O2/c1-9(13)11(16)14-5-4-12(8-14)3-2-10(6-12)7-15/h9-10,15H,2-8,13H2,1H3/t9-,10-,12-/m1/s1. The van der Waals surface area contributed by atoms with E-state index < -0.39 is 0 Å². The summed E-state index contributed by atoms with van der Waals surface area (Å²) in [4.78, 5) is 13.7. The molecule has 2 rings (SSSR count). The summed E-state index contributed by atoms with van der Waals surface area (Å²) in [6.45, 7) is 3.74. The predicted octanol–water partition coefficient (Wildman–Crippen LogP) is 0.345. The first kappa shape index (κ1) is 11.9. The smallest absolute Gasteiger partial charge is 0.239 e. The maximum atomic E-state index is 11.8. The molecular weight excluding hydrogens is 204 g/mol. The van der Waals surface area contributed by atoms with Gasteiger partial charge in [-0.1, -0.05) is 0 Å². The summed E-state index contributed by atoms with van der Waals surface area (Å²) in [7, 11) is 0. The van der Waals surface area contributed by atoms with Crippen LogP contribution in [0.4, 0.5) is 0 Å². The van der Waals surface area contributed by atoms with Gasteiger partial charge in [0, 0.05) is 19.7 Å². The van der Waals surface area contributed by atoms with Gasteiger partial charge in [0.25, 0.3) is 0 Å². The van der Waals surface area contributed by atoms with Crippen LogP contribution in [-0.4, -0.2) is 41.7 Å². The molecule has 0 radical (unpaired) electrons. The number of rotatable bonds is 2. The Hall–Kier alpha value is -0.610. The van der Waals surface area contributed by atoms with Crippen LogP contribution in [0.2, 0.25) is 0 Å². The molecule has 4 nitrogen and oxygen atoms in total. The van der Waals surface area contributed by atoms with Crippen molar-refractivity contribution >= 4 is 5.91 Å². The van der Waals surface area contributed by atoms with Crippen LogP contribution in [0.5, 0.6) is 0 Å². The maximum Gasteiger partial charge on any atom is 0.239 e. The van der Waals surface area contributed by atoms with Gasteiger partial charge < -0.3 is 15.7 Å². The zero-order valence-corrected chi connectivity index (χ0v) is 9.98. The highest BCUT2D eigenvalue weighted by atomic mass is 16.3. The van der Waals surface area contributed by atoms with Crippen molar-refractivity contribution in [2.24, 2.45) is 17.1 Å². The van der Waals surface area contributed by atoms with Gasteiger partial charge in [0.15, 0.2) is 0 Å². The molecule has 1 saturated carbocycles. The fourth-order valence-electron chi connectivity index (χ4n) is 3.26. The van der Waals surface area contributed by atoms with E-state index in [4.69, 9.17) is 5.73 Å². The summed E-state index contributed by atoms with van der Waals surface area (Å²) >= 11 is 0. The van der Waals surface area contributed by atoms with Gasteiger partial charge in [-0.2, -0.15) is 0 Å². The third-order valence-electron chi connectivity index (χ3n) is 4.20. The zero-order valence-electron chi connectivity index (χ0n) is 9.98. The number of carbonyl (C=O) groups is 1. The second-order valence-electron chi connectivity index (χ2n) is 5.59. The van der Waals surface area contributed by atoms with Gasteiger partial charge in [-0.3, -0.25) is 4.79 Å². The van der Waals surface area contributed by atoms with E-state index in [1.54, 1.807) is 6.92 Å². The van der Waals surface area contributed by atoms with Crippen LogP contribution >= 0.6 is 0 Å². The van der Waals surface area contributed by atoms with Gasteiger partial charge in [-0.25, -0.2) is 0 Å². The Morgan fingerprint density at radius 1 is 1.62 bits per heavy atom. The van der Waals surface area contributed by atoms with Gasteiger partial charge >= 0.3 is 0 Å². The molecule has 0 unspecified atom stereocenters. The largest absolute Gasteiger partial charge is 0.396 e. The Kier molecular flexibility index (Phi) is 3.22. The molecule has 16 heavy (non-hydrogen) atoms. The lowest BCUT2D eigenvalue weighted by atomic mass is 9.84. The van der Waals surface area contributed by atoms with E-state index in [0.29, 0.717) is 12.5 Å². The molecule has 0 bridgehead atoms. The number of hydrogen-bond donors (Lipinski definition) is 2. The topological polar surface area (TPSA) is 66.6 Å². The molecule has 0 aromatic carbocycles. The molecule has 1 spiro atoms. The van der Waals surface area contributed by atoms with Gasteiger partial charge in [0.1, 0.15) is 0 Å². The van der Waals surface area contributed by atoms with Crippen LogP contribution in [0.3, 0.4) is 0 Å². The van der Waals surface area contributed by atoms with Crippen molar-refractivity contribution in [2.45, 2.75) is 38.6 Å². The third-order valence-corrected chi connectivity index (χ3v) is 4.20. The molecule has 3 N–H and O–H groups in total. The lowest BCUT2D eigenvalue weighted by Crippen LogP contribution is -2.41. The molecule has 3 atom stereocenters. The second kappa shape index (κ2) is 4.34. The van der Waals surface area contributed by atoms with Crippen LogP contribution in [0.1, 0.15) is 32.6 Å². The Labute approximate surface area is 96.8 Å². The van der Waals surface area contributed by atoms with E-state index in [2.05, 4.69) is 0 Å². The number of aliphatic hydroxyl groups excluding tert-OH is 1. The molecule has 0 aromatic heterocycles. The summed E-state index contributed by atoms with van der Waals surface area (Å²) < 4.78 is 0. The van der Waals surface area contributed by atoms with Crippen molar-refractivity contribution in [3.05, 3.63) is 0 Å². The molecule has 4 heteroatoms. The quantitative estimate of drug-likeness (QED) is 0.714. The molecular formula is C12H22N2O2. The minimum absolute atomic E-state index is 0.0734. The number of hydrogen-bond acceptors (Lipinski definition) is 3. The SMILES string of the molecule is C[C@@H](N)C(=O)N1CC[C@@]2(CC[C@@H](CO)C2)C1. The second-order valence-corrected chi connectivity index (χ2v) is 5.59. The molecule has 2 aliphatic rings. The lowest BCUT2D eigenvalue weighted by Gasteiger charge is -2.25. The van der Waals surface area contributed by atoms with Gasteiger partial charge in [-0.05, 0) is 43.9 Å². The zero-order chi connectivity index (χ0) is 11.8. The first-order valence-electron chi connectivity index (χ1n) is 6.21. The van der Waals surface area contributed by atoms with Gasteiger partial charge in [0.05, 0.1) is 6.04 Å². The summed E-state index contributed by atoms with van der Waals surface area (Å²) in [6.07, 6.45) is 4.42. The summed E-state index contributed by atoms with van der Waals surface area (Å²) in [5.74, 6) is 0.523. The van der Waals surface area contributed by atoms with Crippen molar-refractivity contribution in [1.29, 1.82) is 0 Å². The van der Waals surface area contributed by atoms with Gasteiger partial charge in [-0.15, -0.1) is 0 Å². The summed E-state index contributed by atoms with van der Waals surface area (Å²) in [5.41, 5.74) is 5.91. The molecule has 0 aromatic rings. The van der Waals surface area contributed by atoms with E-state index in [0.717, 1.165) is 38.8 Å². The van der Waals surface area contributed by atoms with E-state index in [1.165, 1.54) is 0 Å². The highest BCUT2D eigenvalue weighted by molar-refractivity contribution is 5.81. The molecule has 1 heterocycles. The number of carbonyl (C=O) groups excluding carboxylic acids is 1. The van der Waals surface area contributed by atoms with E-state index in [-0.39, 0.29) is 17.4 Å². The molecule has 1 aliphatic heterocycles. The lowest BCUT2D eigenvalue weighted by molar-refractivity contribution is -0.131. The van der Waals surface area contributed by atoms with Crippen molar-refractivity contribution in [3.63, 3.8) is 0 Å². The number of nitrogens with zero attached hydrogens (tertiary/aromatic N) is 1. The van der Waals surface area contributed by atoms with E-state index in [9.17, 15) is 9.90 Å². The fourth-order valence-corrected chi connectivity index (χ4v) is 3.26. The Morgan fingerprint density at radius 2 is 2.38 bits per heavy atom. The first-order chi connectivity index (χ1) is 7.56. The minimum atomic E-state index is -0.384. The Morgan fingerprint density at radius 3 is 2.94 bits per heavy atom. The molecule has 92 valence electrons. The van der Waals surface area contributed by atoms with Crippen molar-refractivity contribution in [3.8, 4) is 0 Å². The predicted molar refractivity (Wildman–Crippen MR) is 61.7 cm³/mol. The number of aliphatic hydroxyl groups is 1. The van der Waals surface area contributed by atoms with Gasteiger partial charge in [0.2, 0.25) is 5.91 Å². The average molecular weight is 226 g/mol. The van der Waals surface area contributed by atoms with Crippen molar-refractivity contribution in [1.82, 2.24) is 4.90 Å². The molecule has 2 fully saturated rings. The van der Waals surface area contributed by atoms with Crippen LogP contribution in [0.25, 0.3) is 0 Å². The Bertz CT molecular complexity index is 280. The number of likely N-dealkylation sites (tertiary alicyclic amines) is 1. The molecule has 1 amide bonds. The molecule has 1 saturated heterocycles. The van der Waals surface area contributed by atoms with Crippen LogP contribution in [0.15, 0.2) is 0 Å². The van der Waals surface area contributed by atoms with Crippen LogP contribution in [-0.2, 0) is 4.79 Å². The van der Waals surface area contributed by atoms with E-state index in [1.807, 2.05) is 4.90 Å². The van der Waals surface area contributed by atoms with Crippen molar-refractivity contribution in [2.75, 3.05) is 19.7 Å². The van der Waals surface area contributed by atoms with Crippen molar-refractivity contribution < 1.29 is 9.90 Å². The average Bonchev–Trinajstić information content (AvgIpc) is 2.85. The van der Waals surface area contributed by atoms with E-state index >= 15 is 0 Å². The van der Waals surface area contributed by atoms with Crippen LogP contribution < -0.4 is 5.73 Å². The maximum absolute atomic E-state index is 11.8. The first-order valence-corrected chi connectivity index (χ1v) is 6.21. The number of amides is 1. The number of nitrogens with two attached hydrogens (primary N) is 1. The molecule has 1 aliphatic carbocycles. The Balaban J connectivity index is 1.95.